The molecule has 0 aliphatic carbocycles. The van der Waals surface area contributed by atoms with Crippen molar-refractivity contribution in [1.29, 1.82) is 0 Å². The summed E-state index contributed by atoms with van der Waals surface area (Å²) in [6.07, 6.45) is 6.19. The minimum Gasteiger partial charge on any atom is -0.300 e. The molecule has 0 fully saturated rings. The van der Waals surface area contributed by atoms with E-state index in [0.29, 0.717) is 0 Å². The van der Waals surface area contributed by atoms with Gasteiger partial charge in [0, 0.05) is 6.54 Å². The van der Waals surface area contributed by atoms with E-state index in [2.05, 4.69) is 18.8 Å². The first-order chi connectivity index (χ1) is 5.31. The summed E-state index contributed by atoms with van der Waals surface area (Å²) < 4.78 is 0. The fourth-order valence-electron chi connectivity index (χ4n) is 0.888. The van der Waals surface area contributed by atoms with Crippen LogP contribution in [0.25, 0.3) is 0 Å². The van der Waals surface area contributed by atoms with Crippen LogP contribution in [0.5, 0.6) is 0 Å². The molecule has 0 aromatic heterocycles. The number of hydrogen-bond acceptors (Lipinski definition) is 1. The summed E-state index contributed by atoms with van der Waals surface area (Å²) >= 11 is 0. The fourth-order valence-corrected chi connectivity index (χ4v) is 1.11. The first-order valence-electron chi connectivity index (χ1n) is 4.60. The number of unbranched alkanes of at least 4 members (excludes halogenated alkanes) is 3. The highest BCUT2D eigenvalue weighted by atomic mass is 28.1. The van der Waals surface area contributed by atoms with Gasteiger partial charge in [0.2, 0.25) is 0 Å². The third-order valence-electron chi connectivity index (χ3n) is 1.76. The first-order valence-corrected chi connectivity index (χ1v) is 5.60. The average molecular weight is 170 g/mol. The molecule has 0 rings (SSSR count). The predicted octanol–water partition coefficient (Wildman–Crippen LogP) is 1.55. The van der Waals surface area contributed by atoms with Crippen molar-refractivity contribution < 1.29 is 0 Å². The lowest BCUT2D eigenvalue weighted by Gasteiger charge is -1.96. The van der Waals surface area contributed by atoms with E-state index in [0.717, 1.165) is 23.2 Å². The molecule has 0 amide bonds. The lowest BCUT2D eigenvalue weighted by atomic mass is 10.2. The van der Waals surface area contributed by atoms with Gasteiger partial charge in [0.05, 0.1) is 10.2 Å². The van der Waals surface area contributed by atoms with Crippen molar-refractivity contribution >= 4 is 15.6 Å². The van der Waals surface area contributed by atoms with Crippen molar-refractivity contribution in [2.24, 2.45) is 4.99 Å². The number of rotatable bonds is 6. The molecule has 0 spiro atoms. The van der Waals surface area contributed by atoms with Gasteiger partial charge in [-0.05, 0) is 25.1 Å². The van der Waals surface area contributed by atoms with E-state index in [9.17, 15) is 0 Å². The standard InChI is InChI=1S/C9H20NSi/c1-3-5-6-7-8-10-9(11)4-2/h2-8H2,1,11H3. The van der Waals surface area contributed by atoms with Crippen molar-refractivity contribution in [3.8, 4) is 0 Å². The Morgan fingerprint density at radius 1 is 1.36 bits per heavy atom. The minimum absolute atomic E-state index is 0.917. The van der Waals surface area contributed by atoms with Gasteiger partial charge in [-0.2, -0.15) is 0 Å². The van der Waals surface area contributed by atoms with Gasteiger partial charge < -0.3 is 0 Å². The van der Waals surface area contributed by atoms with Crippen LogP contribution in [0.4, 0.5) is 0 Å². The van der Waals surface area contributed by atoms with Crippen LogP contribution >= 0.6 is 0 Å². The van der Waals surface area contributed by atoms with Crippen LogP contribution in [0.3, 0.4) is 0 Å². The van der Waals surface area contributed by atoms with Crippen LogP contribution in [0.1, 0.15) is 39.0 Å². The molecule has 0 aliphatic rings. The number of hydrogen-bond donors (Lipinski definition) is 0. The Kier molecular flexibility index (Phi) is 7.91. The van der Waals surface area contributed by atoms with Crippen LogP contribution in [0.2, 0.25) is 0 Å². The van der Waals surface area contributed by atoms with Crippen LogP contribution in [0.15, 0.2) is 4.99 Å². The summed E-state index contributed by atoms with van der Waals surface area (Å²) in [7, 11) is 1.10. The Morgan fingerprint density at radius 3 is 2.64 bits per heavy atom. The summed E-state index contributed by atoms with van der Waals surface area (Å²) in [6, 6.07) is 0. The molecule has 0 aliphatic heterocycles. The zero-order valence-corrected chi connectivity index (χ0v) is 9.90. The second-order valence-electron chi connectivity index (χ2n) is 2.93. The summed E-state index contributed by atoms with van der Waals surface area (Å²) in [4.78, 5) is 4.43. The molecule has 65 valence electrons. The van der Waals surface area contributed by atoms with E-state index in [4.69, 9.17) is 0 Å². The van der Waals surface area contributed by atoms with Gasteiger partial charge in [-0.3, -0.25) is 4.99 Å². The van der Waals surface area contributed by atoms with Crippen molar-refractivity contribution in [1.82, 2.24) is 0 Å². The maximum absolute atomic E-state index is 4.43. The summed E-state index contributed by atoms with van der Waals surface area (Å²) in [6.45, 7) is 7.07. The molecule has 0 aromatic carbocycles. The van der Waals surface area contributed by atoms with Crippen molar-refractivity contribution in [3.05, 3.63) is 6.92 Å². The largest absolute Gasteiger partial charge is 0.300 e. The fraction of sp³-hybridized carbons (Fsp3) is 0.778. The molecular formula is C9H20NSi. The third kappa shape index (κ3) is 7.79. The van der Waals surface area contributed by atoms with Gasteiger partial charge in [-0.15, -0.1) is 0 Å². The zero-order valence-electron chi connectivity index (χ0n) is 7.90. The van der Waals surface area contributed by atoms with Crippen molar-refractivity contribution in [2.75, 3.05) is 6.54 Å². The van der Waals surface area contributed by atoms with E-state index >= 15 is 0 Å². The molecule has 1 radical (unpaired) electrons. The van der Waals surface area contributed by atoms with Crippen molar-refractivity contribution in [3.63, 3.8) is 0 Å². The van der Waals surface area contributed by atoms with Gasteiger partial charge in [-0.25, -0.2) is 0 Å². The highest BCUT2D eigenvalue weighted by Crippen LogP contribution is 1.98. The summed E-state index contributed by atoms with van der Waals surface area (Å²) in [5, 5.41) is 1.32. The topological polar surface area (TPSA) is 12.4 Å². The van der Waals surface area contributed by atoms with E-state index in [1.54, 1.807) is 0 Å². The lowest BCUT2D eigenvalue weighted by Crippen LogP contribution is -1.96. The molecule has 0 atom stereocenters. The van der Waals surface area contributed by atoms with Gasteiger partial charge in [0.15, 0.2) is 0 Å². The number of aliphatic imine (C=N–C) groups is 1. The lowest BCUT2D eigenvalue weighted by molar-refractivity contribution is 0.675. The monoisotopic (exact) mass is 170 g/mol. The zero-order chi connectivity index (χ0) is 8.53. The molecule has 0 aromatic rings. The number of nitrogens with zero attached hydrogens (tertiary/aromatic N) is 1. The summed E-state index contributed by atoms with van der Waals surface area (Å²) in [5.41, 5.74) is 0. The predicted molar refractivity (Wildman–Crippen MR) is 56.4 cm³/mol. The van der Waals surface area contributed by atoms with Crippen LogP contribution < -0.4 is 0 Å². The maximum atomic E-state index is 4.43. The Hall–Kier alpha value is -0.113. The molecule has 0 N–H and O–H groups in total. The molecule has 0 saturated heterocycles. The van der Waals surface area contributed by atoms with Gasteiger partial charge in [0.1, 0.15) is 0 Å². The van der Waals surface area contributed by atoms with Crippen LogP contribution in [-0.2, 0) is 0 Å². The Bertz CT molecular complexity index is 110. The molecule has 0 bridgehead atoms. The highest BCUT2D eigenvalue weighted by Gasteiger charge is 1.86. The second-order valence-corrected chi connectivity index (χ2v) is 4.08. The van der Waals surface area contributed by atoms with Gasteiger partial charge in [0.25, 0.3) is 0 Å². The Labute approximate surface area is 73.7 Å². The molecule has 0 heterocycles. The van der Waals surface area contributed by atoms with Gasteiger partial charge in [-0.1, -0.05) is 26.2 Å². The Balaban J connectivity index is 3.12. The molecule has 11 heavy (non-hydrogen) atoms. The smallest absolute Gasteiger partial charge is 0.0563 e. The first kappa shape index (κ1) is 10.9. The average Bonchev–Trinajstić information content (AvgIpc) is 2.04. The quantitative estimate of drug-likeness (QED) is 0.326. The third-order valence-corrected chi connectivity index (χ3v) is 2.57. The van der Waals surface area contributed by atoms with E-state index in [1.807, 2.05) is 0 Å². The molecule has 1 nitrogen and oxygen atoms in total. The second kappa shape index (κ2) is 7.99. The highest BCUT2D eigenvalue weighted by molar-refractivity contribution is 6.59. The van der Waals surface area contributed by atoms with Crippen LogP contribution in [-0.4, -0.2) is 22.1 Å². The molecule has 0 unspecified atom stereocenters. The van der Waals surface area contributed by atoms with E-state index < -0.39 is 0 Å². The minimum atomic E-state index is 0.917. The van der Waals surface area contributed by atoms with Crippen LogP contribution in [0, 0.1) is 6.92 Å². The normalized spacial score (nSPS) is 12.4. The maximum Gasteiger partial charge on any atom is 0.0563 e. The van der Waals surface area contributed by atoms with E-state index in [1.165, 1.54) is 31.0 Å². The van der Waals surface area contributed by atoms with Crippen molar-refractivity contribution in [2.45, 2.75) is 39.0 Å². The molecular weight excluding hydrogens is 150 g/mol. The Morgan fingerprint density at radius 2 is 2.09 bits per heavy atom. The summed E-state index contributed by atoms with van der Waals surface area (Å²) in [5.74, 6) is 0. The van der Waals surface area contributed by atoms with Gasteiger partial charge >= 0.3 is 0 Å². The van der Waals surface area contributed by atoms with E-state index in [-0.39, 0.29) is 0 Å². The molecule has 0 saturated carbocycles. The molecule has 2 heteroatoms. The SMILES string of the molecule is [CH2]CC([SiH3])=NCCCCCC.